The van der Waals surface area contributed by atoms with Gasteiger partial charge in [0, 0.05) is 21.3 Å². The first kappa shape index (κ1) is 20.1. The molecule has 0 aliphatic rings. The Morgan fingerprint density at radius 3 is 1.89 bits per heavy atom. The predicted octanol–water partition coefficient (Wildman–Crippen LogP) is 8.00. The van der Waals surface area contributed by atoms with Crippen LogP contribution >= 0.6 is 23.5 Å². The van der Waals surface area contributed by atoms with Crippen LogP contribution < -0.4 is 0 Å². The van der Waals surface area contributed by atoms with E-state index < -0.39 is 0 Å². The maximum absolute atomic E-state index is 2.33. The van der Waals surface area contributed by atoms with Gasteiger partial charge in [0.2, 0.25) is 0 Å². The molecule has 0 aromatic heterocycles. The quantitative estimate of drug-likeness (QED) is 0.253. The first-order chi connectivity index (χ1) is 13.4. The fourth-order valence-electron chi connectivity index (χ4n) is 3.07. The van der Waals surface area contributed by atoms with Crippen molar-refractivity contribution in [3.05, 3.63) is 95.6 Å². The van der Waals surface area contributed by atoms with Gasteiger partial charge < -0.3 is 0 Å². The summed E-state index contributed by atoms with van der Waals surface area (Å²) in [7, 11) is 0. The molecule has 3 aromatic rings. The first-order valence-corrected chi connectivity index (χ1v) is 11.8. The van der Waals surface area contributed by atoms with Crippen molar-refractivity contribution in [3.8, 4) is 0 Å². The number of thioether (sulfide) groups is 2. The zero-order chi connectivity index (χ0) is 18.7. The van der Waals surface area contributed by atoms with E-state index in [0.717, 1.165) is 11.5 Å². The largest absolute Gasteiger partial charge is 0.120 e. The Kier molecular flexibility index (Phi) is 8.38. The lowest BCUT2D eigenvalue weighted by Gasteiger charge is -2.15. The van der Waals surface area contributed by atoms with Crippen LogP contribution in [0.5, 0.6) is 0 Å². The van der Waals surface area contributed by atoms with E-state index in [1.165, 1.54) is 52.2 Å². The third-order valence-corrected chi connectivity index (χ3v) is 7.08. The SMILES string of the molecule is CCCCCc1cccc(SCc2ccccc2)c1SCc1ccccc1. The van der Waals surface area contributed by atoms with E-state index >= 15 is 0 Å². The van der Waals surface area contributed by atoms with Gasteiger partial charge in [-0.05, 0) is 35.6 Å². The van der Waals surface area contributed by atoms with Crippen LogP contribution in [0.1, 0.15) is 42.9 Å². The van der Waals surface area contributed by atoms with Crippen LogP contribution in [-0.2, 0) is 17.9 Å². The van der Waals surface area contributed by atoms with Crippen LogP contribution in [0, 0.1) is 0 Å². The minimum atomic E-state index is 1.03. The summed E-state index contributed by atoms with van der Waals surface area (Å²) >= 11 is 3.97. The van der Waals surface area contributed by atoms with Crippen molar-refractivity contribution in [1.29, 1.82) is 0 Å². The molecule has 0 bridgehead atoms. The molecule has 0 heterocycles. The van der Waals surface area contributed by atoms with Gasteiger partial charge in [-0.2, -0.15) is 0 Å². The lowest BCUT2D eigenvalue weighted by molar-refractivity contribution is 0.709. The Labute approximate surface area is 172 Å². The zero-order valence-corrected chi connectivity index (χ0v) is 17.7. The second kappa shape index (κ2) is 11.3. The topological polar surface area (TPSA) is 0 Å². The molecule has 0 saturated heterocycles. The number of hydrogen-bond donors (Lipinski definition) is 0. The second-order valence-electron chi connectivity index (χ2n) is 6.75. The fourth-order valence-corrected chi connectivity index (χ4v) is 5.44. The summed E-state index contributed by atoms with van der Waals surface area (Å²) in [4.78, 5) is 2.91. The standard InChI is InChI=1S/C25H28S2/c1-2-3-6-16-23-17-11-18-24(26-19-21-12-7-4-8-13-21)25(23)27-20-22-14-9-5-10-15-22/h4-5,7-15,17-18H,2-3,6,16,19-20H2,1H3. The number of benzene rings is 3. The van der Waals surface area contributed by atoms with Gasteiger partial charge in [0.15, 0.2) is 0 Å². The van der Waals surface area contributed by atoms with Gasteiger partial charge in [-0.3, -0.25) is 0 Å². The van der Waals surface area contributed by atoms with Crippen LogP contribution in [0.25, 0.3) is 0 Å². The van der Waals surface area contributed by atoms with E-state index in [0.29, 0.717) is 0 Å². The molecular weight excluding hydrogens is 364 g/mol. The van der Waals surface area contributed by atoms with E-state index in [1.54, 1.807) is 0 Å². The second-order valence-corrected chi connectivity index (χ2v) is 8.75. The van der Waals surface area contributed by atoms with Crippen LogP contribution in [0.2, 0.25) is 0 Å². The van der Waals surface area contributed by atoms with Crippen LogP contribution in [0.3, 0.4) is 0 Å². The van der Waals surface area contributed by atoms with E-state index in [2.05, 4.69) is 85.8 Å². The molecule has 0 aliphatic carbocycles. The molecule has 0 amide bonds. The first-order valence-electron chi connectivity index (χ1n) is 9.82. The molecule has 0 aliphatic heterocycles. The highest BCUT2D eigenvalue weighted by Gasteiger charge is 2.10. The Morgan fingerprint density at radius 2 is 1.26 bits per heavy atom. The van der Waals surface area contributed by atoms with Crippen LogP contribution in [0.15, 0.2) is 88.7 Å². The smallest absolute Gasteiger partial charge is 0.0243 e. The molecule has 0 N–H and O–H groups in total. The highest BCUT2D eigenvalue weighted by molar-refractivity contribution is 8.01. The van der Waals surface area contributed by atoms with Crippen LogP contribution in [-0.4, -0.2) is 0 Å². The summed E-state index contributed by atoms with van der Waals surface area (Å²) in [6, 6.07) is 28.4. The number of unbranched alkanes of at least 4 members (excludes halogenated alkanes) is 2. The molecule has 0 atom stereocenters. The molecule has 3 aromatic carbocycles. The summed E-state index contributed by atoms with van der Waals surface area (Å²) in [6.07, 6.45) is 5.05. The lowest BCUT2D eigenvalue weighted by Crippen LogP contribution is -1.93. The summed E-state index contributed by atoms with van der Waals surface area (Å²) < 4.78 is 0. The zero-order valence-electron chi connectivity index (χ0n) is 16.1. The summed E-state index contributed by atoms with van der Waals surface area (Å²) in [5.41, 5.74) is 4.30. The molecule has 0 unspecified atom stereocenters. The average Bonchev–Trinajstić information content (AvgIpc) is 2.73. The third kappa shape index (κ3) is 6.48. The fraction of sp³-hybridized carbons (Fsp3) is 0.280. The molecule has 3 rings (SSSR count). The van der Waals surface area contributed by atoms with Gasteiger partial charge in [-0.25, -0.2) is 0 Å². The Morgan fingerprint density at radius 1 is 0.630 bits per heavy atom. The van der Waals surface area contributed by atoms with Gasteiger partial charge in [0.05, 0.1) is 0 Å². The Hall–Kier alpha value is -1.64. The van der Waals surface area contributed by atoms with Crippen LogP contribution in [0.4, 0.5) is 0 Å². The van der Waals surface area contributed by atoms with Crippen molar-refractivity contribution in [2.24, 2.45) is 0 Å². The normalized spacial score (nSPS) is 10.9. The molecular formula is C25H28S2. The maximum atomic E-state index is 2.33. The van der Waals surface area contributed by atoms with E-state index in [-0.39, 0.29) is 0 Å². The average molecular weight is 393 g/mol. The van der Waals surface area contributed by atoms with E-state index in [1.807, 2.05) is 23.5 Å². The summed E-state index contributed by atoms with van der Waals surface area (Å²) in [6.45, 7) is 2.27. The minimum absolute atomic E-state index is 1.03. The highest BCUT2D eigenvalue weighted by atomic mass is 32.2. The molecule has 0 fully saturated rings. The van der Waals surface area contributed by atoms with Crippen molar-refractivity contribution in [2.75, 3.05) is 0 Å². The van der Waals surface area contributed by atoms with Crippen molar-refractivity contribution >= 4 is 23.5 Å². The minimum Gasteiger partial charge on any atom is -0.120 e. The predicted molar refractivity (Wildman–Crippen MR) is 122 cm³/mol. The van der Waals surface area contributed by atoms with E-state index in [9.17, 15) is 0 Å². The van der Waals surface area contributed by atoms with Gasteiger partial charge in [-0.1, -0.05) is 92.6 Å². The molecule has 140 valence electrons. The third-order valence-electron chi connectivity index (χ3n) is 4.57. The van der Waals surface area contributed by atoms with Crippen molar-refractivity contribution < 1.29 is 0 Å². The molecule has 0 spiro atoms. The summed E-state index contributed by atoms with van der Waals surface area (Å²) in [5.74, 6) is 2.06. The molecule has 2 heteroatoms. The van der Waals surface area contributed by atoms with Gasteiger partial charge >= 0.3 is 0 Å². The molecule has 27 heavy (non-hydrogen) atoms. The summed E-state index contributed by atoms with van der Waals surface area (Å²) in [5, 5.41) is 0. The van der Waals surface area contributed by atoms with Crippen molar-refractivity contribution in [1.82, 2.24) is 0 Å². The van der Waals surface area contributed by atoms with Crippen molar-refractivity contribution in [2.45, 2.75) is 53.9 Å². The number of aryl methyl sites for hydroxylation is 1. The maximum Gasteiger partial charge on any atom is 0.0243 e. The molecule has 0 nitrogen and oxygen atoms in total. The molecule has 0 radical (unpaired) electrons. The number of hydrogen-bond acceptors (Lipinski definition) is 2. The Bertz CT molecular complexity index is 797. The van der Waals surface area contributed by atoms with E-state index in [4.69, 9.17) is 0 Å². The highest BCUT2D eigenvalue weighted by Crippen LogP contribution is 2.37. The molecule has 0 saturated carbocycles. The Balaban J connectivity index is 1.76. The lowest BCUT2D eigenvalue weighted by atomic mass is 10.1. The van der Waals surface area contributed by atoms with Gasteiger partial charge in [-0.15, -0.1) is 23.5 Å². The monoisotopic (exact) mass is 392 g/mol. The van der Waals surface area contributed by atoms with Crippen molar-refractivity contribution in [3.63, 3.8) is 0 Å². The number of rotatable bonds is 10. The van der Waals surface area contributed by atoms with Gasteiger partial charge in [0.25, 0.3) is 0 Å². The van der Waals surface area contributed by atoms with Gasteiger partial charge in [0.1, 0.15) is 0 Å².